The minimum absolute atomic E-state index is 0.344. The van der Waals surface area contributed by atoms with Crippen LogP contribution in [0.5, 0.6) is 0 Å². The van der Waals surface area contributed by atoms with Gasteiger partial charge in [0.25, 0.3) is 0 Å². The lowest BCUT2D eigenvalue weighted by Crippen LogP contribution is -2.35. The van der Waals surface area contributed by atoms with E-state index in [0.29, 0.717) is 11.8 Å². The number of hydrogen-bond donors (Lipinski definition) is 1. The summed E-state index contributed by atoms with van der Waals surface area (Å²) in [6.45, 7) is 6.87. The van der Waals surface area contributed by atoms with E-state index in [2.05, 4.69) is 123 Å². The monoisotopic (exact) mass is 818 g/mol. The van der Waals surface area contributed by atoms with E-state index in [0.717, 1.165) is 43.4 Å². The first kappa shape index (κ1) is 43.2. The molecule has 2 N–H and O–H groups in total. The fourth-order valence-corrected chi connectivity index (χ4v) is 12.6. The van der Waals surface area contributed by atoms with Crippen molar-refractivity contribution in [2.24, 2.45) is 11.7 Å². The number of aryl methyl sites for hydroxylation is 1. The Hall–Kier alpha value is -3.46. The van der Waals surface area contributed by atoms with Crippen LogP contribution in [0.15, 0.2) is 102 Å². The van der Waals surface area contributed by atoms with Crippen molar-refractivity contribution in [3.63, 3.8) is 0 Å². The average Bonchev–Trinajstić information content (AvgIpc) is 3.82. The Balaban J connectivity index is 1.08. The molecule has 1 heterocycles. The Morgan fingerprint density at radius 2 is 1.15 bits per heavy atom. The third-order valence-corrected chi connectivity index (χ3v) is 16.6. The molecule has 3 aliphatic rings. The smallest absolute Gasteiger partial charge is 0.0410 e. The van der Waals surface area contributed by atoms with E-state index in [4.69, 9.17) is 5.73 Å². The molecule has 60 heavy (non-hydrogen) atoms. The van der Waals surface area contributed by atoms with Gasteiger partial charge in [-0.25, -0.2) is 0 Å². The topological polar surface area (TPSA) is 26.0 Å². The van der Waals surface area contributed by atoms with Gasteiger partial charge in [-0.3, -0.25) is 0 Å². The van der Waals surface area contributed by atoms with Crippen LogP contribution in [-0.4, -0.2) is 0 Å². The van der Waals surface area contributed by atoms with Crippen molar-refractivity contribution >= 4 is 11.3 Å². The van der Waals surface area contributed by atoms with Gasteiger partial charge in [-0.2, -0.15) is 11.3 Å². The molecule has 3 unspecified atom stereocenters. The third kappa shape index (κ3) is 10.1. The van der Waals surface area contributed by atoms with Gasteiger partial charge >= 0.3 is 0 Å². The molecule has 8 rings (SSSR count). The second kappa shape index (κ2) is 20.6. The number of nitrogens with two attached hydrogens (primary N) is 1. The zero-order chi connectivity index (χ0) is 41.3. The maximum Gasteiger partial charge on any atom is 0.0410 e. The molecule has 318 valence electrons. The highest BCUT2D eigenvalue weighted by Gasteiger charge is 2.30. The maximum absolute atomic E-state index is 7.29. The normalized spacial score (nSPS) is 20.0. The van der Waals surface area contributed by atoms with Gasteiger partial charge in [-0.1, -0.05) is 182 Å². The lowest BCUT2D eigenvalue weighted by Gasteiger charge is -2.33. The van der Waals surface area contributed by atoms with Crippen LogP contribution in [-0.2, 0) is 12.0 Å². The van der Waals surface area contributed by atoms with Crippen molar-refractivity contribution in [3.05, 3.63) is 141 Å². The second-order valence-corrected chi connectivity index (χ2v) is 20.3. The molecule has 4 aromatic carbocycles. The van der Waals surface area contributed by atoms with Crippen molar-refractivity contribution in [3.8, 4) is 22.3 Å². The molecule has 1 nitrogen and oxygen atoms in total. The number of rotatable bonds is 16. The van der Waals surface area contributed by atoms with Gasteiger partial charge < -0.3 is 5.73 Å². The van der Waals surface area contributed by atoms with E-state index >= 15 is 0 Å². The van der Waals surface area contributed by atoms with Gasteiger partial charge in [-0.15, -0.1) is 0 Å². The van der Waals surface area contributed by atoms with E-state index in [9.17, 15) is 0 Å². The van der Waals surface area contributed by atoms with Crippen molar-refractivity contribution in [1.82, 2.24) is 0 Å². The van der Waals surface area contributed by atoms with Crippen LogP contribution in [0.25, 0.3) is 22.3 Å². The van der Waals surface area contributed by atoms with Gasteiger partial charge in [0.15, 0.2) is 0 Å². The molecular formula is C58H75NS. The summed E-state index contributed by atoms with van der Waals surface area (Å²) in [4.78, 5) is 0. The first-order chi connectivity index (χ1) is 29.5. The van der Waals surface area contributed by atoms with Gasteiger partial charge in [0, 0.05) is 22.6 Å². The fourth-order valence-electron chi connectivity index (χ4n) is 11.7. The fraction of sp³-hybridized carbons (Fsp3) is 0.517. The number of unbranched alkanes of at least 4 members (excludes halogenated alkanes) is 1. The third-order valence-electron chi connectivity index (χ3n) is 15.8. The maximum atomic E-state index is 7.29. The molecular weight excluding hydrogens is 743 g/mol. The number of benzene rings is 4. The highest BCUT2D eigenvalue weighted by atomic mass is 32.1. The van der Waals surface area contributed by atoms with Gasteiger partial charge in [-0.05, 0) is 149 Å². The average molecular weight is 818 g/mol. The first-order valence-corrected chi connectivity index (χ1v) is 25.7. The van der Waals surface area contributed by atoms with Gasteiger partial charge in [0.1, 0.15) is 0 Å². The molecule has 5 aromatic rings. The Kier molecular flexibility index (Phi) is 14.8. The van der Waals surface area contributed by atoms with Crippen molar-refractivity contribution in [2.45, 2.75) is 185 Å². The Morgan fingerprint density at radius 1 is 0.583 bits per heavy atom. The lowest BCUT2D eigenvalue weighted by molar-refractivity contribution is 0.300. The minimum atomic E-state index is -0.344. The van der Waals surface area contributed by atoms with Crippen LogP contribution in [0, 0.1) is 5.92 Å². The number of thiophene rings is 1. The van der Waals surface area contributed by atoms with Crippen LogP contribution in [0.4, 0.5) is 0 Å². The Morgan fingerprint density at radius 3 is 1.77 bits per heavy atom. The largest absolute Gasteiger partial charge is 0.321 e. The summed E-state index contributed by atoms with van der Waals surface area (Å²) in [7, 11) is 0. The summed E-state index contributed by atoms with van der Waals surface area (Å²) in [6, 6.07) is 36.8. The van der Waals surface area contributed by atoms with Crippen LogP contribution in [0.1, 0.15) is 212 Å². The summed E-state index contributed by atoms with van der Waals surface area (Å²) in [5.41, 5.74) is 22.6. The zero-order valence-corrected chi connectivity index (χ0v) is 38.4. The zero-order valence-electron chi connectivity index (χ0n) is 37.5. The summed E-state index contributed by atoms with van der Waals surface area (Å²) in [6.07, 6.45) is 27.3. The predicted molar refractivity (Wildman–Crippen MR) is 261 cm³/mol. The predicted octanol–water partition coefficient (Wildman–Crippen LogP) is 17.4. The molecule has 1 aromatic heterocycles. The van der Waals surface area contributed by atoms with Gasteiger partial charge in [0.05, 0.1) is 0 Å². The van der Waals surface area contributed by atoms with Crippen molar-refractivity contribution in [1.29, 1.82) is 0 Å². The van der Waals surface area contributed by atoms with E-state index in [1.165, 1.54) is 159 Å². The van der Waals surface area contributed by atoms with E-state index in [-0.39, 0.29) is 5.54 Å². The molecule has 3 aliphatic carbocycles. The lowest BCUT2D eigenvalue weighted by atomic mass is 9.74. The molecule has 3 atom stereocenters. The van der Waals surface area contributed by atoms with E-state index < -0.39 is 0 Å². The Bertz CT molecular complexity index is 2050. The van der Waals surface area contributed by atoms with Crippen LogP contribution >= 0.6 is 11.3 Å². The second-order valence-electron chi connectivity index (χ2n) is 19.5. The SMILES string of the molecule is CCCCC1CCCC(c2ccc(C(N)(CC)CC)c(-c3cscc3-c3ccc(C(CCc4ccc(C5CCCCC5)cc4)c4ccc(C5CCCCC5)cc4)cc3)c2)C1. The first-order valence-electron chi connectivity index (χ1n) is 24.7. The van der Waals surface area contributed by atoms with Crippen molar-refractivity contribution in [2.75, 3.05) is 0 Å². The van der Waals surface area contributed by atoms with E-state index in [1.807, 2.05) is 11.3 Å². The summed E-state index contributed by atoms with van der Waals surface area (Å²) < 4.78 is 0. The quantitative estimate of drug-likeness (QED) is 0.105. The highest BCUT2D eigenvalue weighted by Crippen LogP contribution is 2.46. The molecule has 0 amide bonds. The van der Waals surface area contributed by atoms with Crippen molar-refractivity contribution < 1.29 is 0 Å². The van der Waals surface area contributed by atoms with Gasteiger partial charge in [0.2, 0.25) is 0 Å². The summed E-state index contributed by atoms with van der Waals surface area (Å²) in [5.74, 6) is 3.36. The molecule has 3 fully saturated rings. The van der Waals surface area contributed by atoms with Crippen LogP contribution in [0.2, 0.25) is 0 Å². The molecule has 0 radical (unpaired) electrons. The number of hydrogen-bond acceptors (Lipinski definition) is 2. The Labute approximate surface area is 369 Å². The molecule has 2 heteroatoms. The molecule has 0 saturated heterocycles. The minimum Gasteiger partial charge on any atom is -0.321 e. The summed E-state index contributed by atoms with van der Waals surface area (Å²) >= 11 is 1.84. The van der Waals surface area contributed by atoms with Crippen LogP contribution in [0.3, 0.4) is 0 Å². The standard InChI is InChI=1S/C58H75NS/c1-4-7-15-43-16-14-21-51(38-43)52-35-37-57(58(59,5-2)6-3)54(39-52)56-41-60-40-55(56)50-33-31-49(32-34-50)53(48-29-27-47(28-30-48)45-19-12-9-13-20-45)36-24-42-22-25-46(26-23-42)44-17-10-8-11-18-44/h22-23,25-35,37,39-41,43-45,51,53H,4-21,24,36,38,59H2,1-3H3. The van der Waals surface area contributed by atoms with Crippen LogP contribution < -0.4 is 5.73 Å². The molecule has 3 saturated carbocycles. The van der Waals surface area contributed by atoms with E-state index in [1.54, 1.807) is 11.1 Å². The molecule has 0 spiro atoms. The molecule has 0 aliphatic heterocycles. The highest BCUT2D eigenvalue weighted by molar-refractivity contribution is 7.08. The summed E-state index contributed by atoms with van der Waals surface area (Å²) in [5, 5.41) is 4.79. The molecule has 0 bridgehead atoms.